The van der Waals surface area contributed by atoms with Crippen molar-refractivity contribution in [2.24, 2.45) is 17.4 Å². The third kappa shape index (κ3) is 16.7. The lowest BCUT2D eigenvalue weighted by Gasteiger charge is -2.36. The highest BCUT2D eigenvalue weighted by Crippen LogP contribution is 2.48. The molecule has 1 heterocycles. The number of ether oxygens (including phenoxy) is 1. The number of rotatable bonds is 14. The summed E-state index contributed by atoms with van der Waals surface area (Å²) in [5.74, 6) is -5.25. The molecular weight excluding hydrogens is 863 g/mol. The summed E-state index contributed by atoms with van der Waals surface area (Å²) >= 11 is 0. The fraction of sp³-hybridized carbons (Fsp3) is 0.545. The van der Waals surface area contributed by atoms with Crippen molar-refractivity contribution in [2.75, 3.05) is 32.0 Å². The summed E-state index contributed by atoms with van der Waals surface area (Å²) in [7, 11) is 2.71. The lowest BCUT2D eigenvalue weighted by Crippen LogP contribution is -2.61. The van der Waals surface area contributed by atoms with Gasteiger partial charge in [0, 0.05) is 42.9 Å². The maximum Gasteiger partial charge on any atom is 0.243 e. The smallest absolute Gasteiger partial charge is 0.243 e. The van der Waals surface area contributed by atoms with Crippen LogP contribution in [-0.2, 0) is 51.2 Å². The van der Waals surface area contributed by atoms with Crippen LogP contribution in [0.25, 0.3) is 0 Å². The van der Waals surface area contributed by atoms with Gasteiger partial charge in [-0.25, -0.2) is 0 Å². The van der Waals surface area contributed by atoms with Crippen molar-refractivity contribution in [3.63, 3.8) is 0 Å². The summed E-state index contributed by atoms with van der Waals surface area (Å²) < 4.78 is 5.01. The molecule has 0 aromatic heterocycles. The van der Waals surface area contributed by atoms with Crippen molar-refractivity contribution in [1.82, 2.24) is 37.2 Å². The Morgan fingerprint density at radius 3 is 1.98 bits per heavy atom. The zero-order chi connectivity index (χ0) is 46.6. The fourth-order valence-corrected chi connectivity index (χ4v) is 10.8. The van der Waals surface area contributed by atoms with Crippen LogP contribution in [-0.4, -0.2) is 114 Å². The van der Waals surface area contributed by atoms with Gasteiger partial charge in [0.15, 0.2) is 0 Å². The molecule has 2 aromatic carbocycles. The van der Waals surface area contributed by atoms with E-state index in [0.29, 0.717) is 30.8 Å². The van der Waals surface area contributed by atoms with E-state index in [1.165, 1.54) is 21.6 Å². The zero-order valence-electron chi connectivity index (χ0n) is 36.7. The number of carbonyl (C=O) groups excluding carboxylic acids is 8. The van der Waals surface area contributed by atoms with E-state index >= 15 is 0 Å². The second-order valence-electron chi connectivity index (χ2n) is 16.3. The highest BCUT2D eigenvalue weighted by Gasteiger charge is 2.39. The minimum atomic E-state index is -1.54. The van der Waals surface area contributed by atoms with Gasteiger partial charge in [-0.2, -0.15) is 0 Å². The van der Waals surface area contributed by atoms with Gasteiger partial charge in [0.1, 0.15) is 36.0 Å². The van der Waals surface area contributed by atoms with Gasteiger partial charge in [0.05, 0.1) is 19.6 Å². The van der Waals surface area contributed by atoms with E-state index in [1.54, 1.807) is 50.2 Å². The van der Waals surface area contributed by atoms with Gasteiger partial charge in [-0.3, -0.25) is 38.4 Å². The predicted molar refractivity (Wildman–Crippen MR) is 245 cm³/mol. The summed E-state index contributed by atoms with van der Waals surface area (Å²) in [6.45, 7) is 5.51. The number of nitrogens with one attached hydrogen (secondary N) is 7. The summed E-state index contributed by atoms with van der Waals surface area (Å²) in [5.41, 5.74) is 12.3. The maximum atomic E-state index is 14.5. The van der Waals surface area contributed by atoms with Crippen molar-refractivity contribution in [2.45, 2.75) is 114 Å². The lowest BCUT2D eigenvalue weighted by molar-refractivity contribution is -0.136. The summed E-state index contributed by atoms with van der Waals surface area (Å²) in [5, 5.41) is 19.1. The molecule has 2 fully saturated rings. The molecule has 0 radical (unpaired) electrons. The predicted octanol–water partition coefficient (Wildman–Crippen LogP) is 0.505. The Hall–Kier alpha value is -5.34. The Morgan fingerprint density at radius 1 is 0.766 bits per heavy atom. The molecule has 1 aliphatic carbocycles. The highest BCUT2D eigenvalue weighted by atomic mass is 33.1. The lowest BCUT2D eigenvalue weighted by atomic mass is 9.85. The monoisotopic (exact) mass is 925 g/mol. The summed E-state index contributed by atoms with van der Waals surface area (Å²) in [6.07, 6.45) is 3.51. The Morgan fingerprint density at radius 2 is 1.36 bits per heavy atom. The average molecular weight is 926 g/mol. The molecule has 0 unspecified atom stereocenters. The van der Waals surface area contributed by atoms with Crippen LogP contribution in [0.15, 0.2) is 54.6 Å². The van der Waals surface area contributed by atoms with Gasteiger partial charge in [-0.1, -0.05) is 97.2 Å². The number of carbonyl (C=O) groups is 8. The molecule has 2 aliphatic rings. The van der Waals surface area contributed by atoms with Crippen LogP contribution in [0, 0.1) is 5.92 Å². The van der Waals surface area contributed by atoms with Gasteiger partial charge in [-0.05, 0) is 48.9 Å². The van der Waals surface area contributed by atoms with Gasteiger partial charge >= 0.3 is 0 Å². The van der Waals surface area contributed by atoms with Crippen LogP contribution in [0.4, 0.5) is 0 Å². The van der Waals surface area contributed by atoms with Crippen molar-refractivity contribution < 1.29 is 43.1 Å². The zero-order valence-corrected chi connectivity index (χ0v) is 38.3. The minimum absolute atomic E-state index is 0.00670. The molecule has 350 valence electrons. The maximum absolute atomic E-state index is 14.5. The van der Waals surface area contributed by atoms with Gasteiger partial charge < -0.3 is 53.4 Å². The number of hydrogen-bond acceptors (Lipinski definition) is 12. The second kappa shape index (κ2) is 25.8. The van der Waals surface area contributed by atoms with E-state index < -0.39 is 88.6 Å². The van der Waals surface area contributed by atoms with Crippen LogP contribution in [0.1, 0.15) is 76.8 Å². The standard InChI is InChI=1S/C44H63N9O9S2/c1-4-62-30-15-13-29(14-16-30)22-31-40(58)50-32(21-28-11-7-5-8-12-28)42(60)53-38(27(2)3)43(61)51-33(23-35(46)54)41(59)52-34(39(57)48-20-19-47-37(56)25-45)26-63-64-44(24-36(55)49-31)17-9-6-10-18-44/h5,7-8,11-16,27,31-34,38H,4,6,9-10,17-26,45H2,1-3H3,(H2,46,54)(H,47,56)(H,48,57)(H,49,55)(H,50,58)(H,51,61)(H,52,59)(H,53,60)/t31-,32+,33+,34+,38+/m1/s1. The largest absolute Gasteiger partial charge is 0.494 e. The molecule has 5 atom stereocenters. The second-order valence-corrected chi connectivity index (χ2v) is 19.1. The Kier molecular flexibility index (Phi) is 20.7. The van der Waals surface area contributed by atoms with Crippen LogP contribution in [0.3, 0.4) is 0 Å². The first-order chi connectivity index (χ1) is 30.6. The van der Waals surface area contributed by atoms with Crippen LogP contribution < -0.4 is 53.4 Å². The van der Waals surface area contributed by atoms with E-state index in [9.17, 15) is 38.4 Å². The Bertz CT molecular complexity index is 1920. The van der Waals surface area contributed by atoms with Crippen molar-refractivity contribution in [3.8, 4) is 5.75 Å². The molecule has 1 aliphatic heterocycles. The van der Waals surface area contributed by atoms with Gasteiger partial charge in [-0.15, -0.1) is 0 Å². The van der Waals surface area contributed by atoms with Crippen molar-refractivity contribution in [3.05, 3.63) is 65.7 Å². The average Bonchev–Trinajstić information content (AvgIpc) is 3.26. The molecule has 20 heteroatoms. The summed E-state index contributed by atoms with van der Waals surface area (Å²) in [6, 6.07) is 9.81. The molecule has 4 rings (SSSR count). The third-order valence-electron chi connectivity index (χ3n) is 10.8. The normalized spacial score (nSPS) is 22.8. The number of benzene rings is 2. The molecule has 1 saturated carbocycles. The van der Waals surface area contributed by atoms with Crippen LogP contribution >= 0.6 is 21.6 Å². The molecule has 64 heavy (non-hydrogen) atoms. The molecule has 11 N–H and O–H groups in total. The molecule has 1 spiro atoms. The first-order valence-electron chi connectivity index (χ1n) is 21.7. The Balaban J connectivity index is 1.74. The molecule has 2 aromatic rings. The van der Waals surface area contributed by atoms with Crippen molar-refractivity contribution >= 4 is 68.8 Å². The van der Waals surface area contributed by atoms with Crippen LogP contribution in [0.5, 0.6) is 5.75 Å². The number of primary amides is 1. The quantitative estimate of drug-likeness (QED) is 0.0926. The minimum Gasteiger partial charge on any atom is -0.494 e. The van der Waals surface area contributed by atoms with Crippen LogP contribution in [0.2, 0.25) is 0 Å². The Labute approximate surface area is 382 Å². The summed E-state index contributed by atoms with van der Waals surface area (Å²) in [4.78, 5) is 109. The van der Waals surface area contributed by atoms with E-state index in [-0.39, 0.29) is 50.6 Å². The molecule has 0 bridgehead atoms. The number of nitrogens with two attached hydrogens (primary N) is 2. The van der Waals surface area contributed by atoms with E-state index in [0.717, 1.165) is 24.8 Å². The van der Waals surface area contributed by atoms with Gasteiger partial charge in [0.2, 0.25) is 47.3 Å². The molecular formula is C44H63N9O9S2. The number of hydrogen-bond donors (Lipinski definition) is 9. The molecule has 8 amide bonds. The first kappa shape index (κ1) is 51.3. The fourth-order valence-electron chi connectivity index (χ4n) is 7.41. The number of amides is 8. The van der Waals surface area contributed by atoms with Gasteiger partial charge in [0.25, 0.3) is 0 Å². The van der Waals surface area contributed by atoms with E-state index in [1.807, 2.05) is 25.1 Å². The van der Waals surface area contributed by atoms with E-state index in [2.05, 4.69) is 37.2 Å². The first-order valence-corrected chi connectivity index (χ1v) is 24.0. The molecule has 1 saturated heterocycles. The topological polar surface area (TPSA) is 282 Å². The molecule has 18 nitrogen and oxygen atoms in total. The van der Waals surface area contributed by atoms with Crippen molar-refractivity contribution in [1.29, 1.82) is 0 Å². The highest BCUT2D eigenvalue weighted by molar-refractivity contribution is 8.77. The SMILES string of the molecule is CCOc1ccc(C[C@H]2NC(=O)CC3(CCCCC3)SSC[C@@H](C(=O)NCCNC(=O)CN)NC(=O)[C@H](CC(N)=O)NC(=O)[C@H](C(C)C)NC(=O)[C@H](Cc3ccccc3)NC2=O)cc1. The third-order valence-corrected chi connectivity index (χ3v) is 14.1. The van der Waals surface area contributed by atoms with E-state index in [4.69, 9.17) is 16.2 Å².